The molecule has 1 amide bonds. The SMILES string of the molecule is Cc1cccc(NC(=O)CCc2ncc(-c3c(F)cccc3F)o2)n1. The fourth-order valence-electron chi connectivity index (χ4n) is 2.31. The molecule has 128 valence electrons. The van der Waals surface area contributed by atoms with Gasteiger partial charge in [0.15, 0.2) is 11.7 Å². The molecule has 2 heterocycles. The number of nitrogens with one attached hydrogen (secondary N) is 1. The third-order valence-corrected chi connectivity index (χ3v) is 3.48. The van der Waals surface area contributed by atoms with Gasteiger partial charge < -0.3 is 9.73 Å². The predicted octanol–water partition coefficient (Wildman–Crippen LogP) is 3.89. The van der Waals surface area contributed by atoms with Crippen LogP contribution in [0.1, 0.15) is 18.0 Å². The van der Waals surface area contributed by atoms with Crippen molar-refractivity contribution in [3.05, 3.63) is 65.8 Å². The van der Waals surface area contributed by atoms with Crippen LogP contribution in [0.3, 0.4) is 0 Å². The van der Waals surface area contributed by atoms with E-state index in [9.17, 15) is 13.6 Å². The summed E-state index contributed by atoms with van der Waals surface area (Å²) in [6.07, 6.45) is 1.56. The Balaban J connectivity index is 1.63. The van der Waals surface area contributed by atoms with Gasteiger partial charge in [0, 0.05) is 18.5 Å². The van der Waals surface area contributed by atoms with Crippen LogP contribution in [0.2, 0.25) is 0 Å². The highest BCUT2D eigenvalue weighted by molar-refractivity contribution is 5.89. The molecule has 3 aromatic rings. The summed E-state index contributed by atoms with van der Waals surface area (Å²) in [7, 11) is 0. The van der Waals surface area contributed by atoms with Gasteiger partial charge in [-0.1, -0.05) is 12.1 Å². The van der Waals surface area contributed by atoms with Gasteiger partial charge >= 0.3 is 0 Å². The summed E-state index contributed by atoms with van der Waals surface area (Å²) in [5, 5.41) is 2.67. The van der Waals surface area contributed by atoms with Crippen LogP contribution in [0.4, 0.5) is 14.6 Å². The molecule has 0 aliphatic rings. The van der Waals surface area contributed by atoms with E-state index in [2.05, 4.69) is 15.3 Å². The summed E-state index contributed by atoms with van der Waals surface area (Å²) in [4.78, 5) is 20.1. The number of hydrogen-bond donors (Lipinski definition) is 1. The second-order valence-electron chi connectivity index (χ2n) is 5.43. The van der Waals surface area contributed by atoms with Gasteiger partial charge in [0.05, 0.1) is 11.8 Å². The Morgan fingerprint density at radius 1 is 1.16 bits per heavy atom. The van der Waals surface area contributed by atoms with E-state index in [-0.39, 0.29) is 36.0 Å². The van der Waals surface area contributed by atoms with Gasteiger partial charge in [-0.25, -0.2) is 18.7 Å². The first-order valence-corrected chi connectivity index (χ1v) is 7.65. The molecule has 5 nitrogen and oxygen atoms in total. The number of oxazole rings is 1. The lowest BCUT2D eigenvalue weighted by Crippen LogP contribution is -2.13. The van der Waals surface area contributed by atoms with E-state index < -0.39 is 11.6 Å². The molecule has 0 bridgehead atoms. The largest absolute Gasteiger partial charge is 0.441 e. The second kappa shape index (κ2) is 7.21. The van der Waals surface area contributed by atoms with Gasteiger partial charge in [0.1, 0.15) is 17.5 Å². The van der Waals surface area contributed by atoms with E-state index in [1.807, 2.05) is 13.0 Å². The summed E-state index contributed by atoms with van der Waals surface area (Å²) >= 11 is 0. The van der Waals surface area contributed by atoms with E-state index in [1.54, 1.807) is 12.1 Å². The number of anilines is 1. The molecule has 25 heavy (non-hydrogen) atoms. The van der Waals surface area contributed by atoms with E-state index in [1.165, 1.54) is 12.3 Å². The molecule has 0 unspecified atom stereocenters. The minimum Gasteiger partial charge on any atom is -0.441 e. The summed E-state index contributed by atoms with van der Waals surface area (Å²) in [6, 6.07) is 8.86. The van der Waals surface area contributed by atoms with Gasteiger partial charge in [-0.05, 0) is 31.2 Å². The number of amides is 1. The van der Waals surface area contributed by atoms with Crippen LogP contribution in [0.25, 0.3) is 11.3 Å². The normalized spacial score (nSPS) is 10.7. The molecule has 0 radical (unpaired) electrons. The van der Waals surface area contributed by atoms with Crippen LogP contribution in [0, 0.1) is 18.6 Å². The molecule has 0 saturated heterocycles. The Labute approximate surface area is 142 Å². The summed E-state index contributed by atoms with van der Waals surface area (Å²) < 4.78 is 32.8. The fraction of sp³-hybridized carbons (Fsp3) is 0.167. The Morgan fingerprint density at radius 3 is 2.60 bits per heavy atom. The first kappa shape index (κ1) is 16.8. The van der Waals surface area contributed by atoms with Crippen LogP contribution in [0.5, 0.6) is 0 Å². The number of pyridine rings is 1. The topological polar surface area (TPSA) is 68.0 Å². The first-order valence-electron chi connectivity index (χ1n) is 7.65. The van der Waals surface area contributed by atoms with Crippen molar-refractivity contribution in [1.29, 1.82) is 0 Å². The Kier molecular flexibility index (Phi) is 4.83. The van der Waals surface area contributed by atoms with E-state index in [4.69, 9.17) is 4.42 Å². The standard InChI is InChI=1S/C18H15F2N3O2/c1-11-4-2-7-15(22-11)23-16(24)8-9-17-21-10-14(25-17)18-12(19)5-3-6-13(18)20/h2-7,10H,8-9H2,1H3,(H,22,23,24). The lowest BCUT2D eigenvalue weighted by molar-refractivity contribution is -0.116. The predicted molar refractivity (Wildman–Crippen MR) is 87.8 cm³/mol. The van der Waals surface area contributed by atoms with Crippen molar-refractivity contribution in [2.75, 3.05) is 5.32 Å². The number of hydrogen-bond acceptors (Lipinski definition) is 4. The highest BCUT2D eigenvalue weighted by Gasteiger charge is 2.16. The maximum Gasteiger partial charge on any atom is 0.226 e. The van der Waals surface area contributed by atoms with Gasteiger partial charge in [0.25, 0.3) is 0 Å². The molecule has 1 aromatic carbocycles. The first-order chi connectivity index (χ1) is 12.0. The number of carbonyl (C=O) groups is 1. The zero-order valence-electron chi connectivity index (χ0n) is 13.4. The summed E-state index contributed by atoms with van der Waals surface area (Å²) in [5.41, 5.74) is 0.525. The van der Waals surface area contributed by atoms with Crippen LogP contribution < -0.4 is 5.32 Å². The molecular weight excluding hydrogens is 328 g/mol. The molecule has 7 heteroatoms. The molecular formula is C18H15F2N3O2. The molecule has 0 saturated carbocycles. The monoisotopic (exact) mass is 343 g/mol. The number of halogens is 2. The average molecular weight is 343 g/mol. The lowest BCUT2D eigenvalue weighted by Gasteiger charge is -2.04. The minimum absolute atomic E-state index is 0.00800. The maximum atomic E-state index is 13.7. The second-order valence-corrected chi connectivity index (χ2v) is 5.43. The number of nitrogens with zero attached hydrogens (tertiary/aromatic N) is 2. The van der Waals surface area contributed by atoms with Crippen LogP contribution in [0.15, 0.2) is 47.0 Å². The van der Waals surface area contributed by atoms with E-state index in [0.717, 1.165) is 17.8 Å². The lowest BCUT2D eigenvalue weighted by atomic mass is 10.1. The van der Waals surface area contributed by atoms with Crippen LogP contribution in [-0.2, 0) is 11.2 Å². The highest BCUT2D eigenvalue weighted by atomic mass is 19.1. The van der Waals surface area contributed by atoms with Crippen molar-refractivity contribution < 1.29 is 18.0 Å². The summed E-state index contributed by atoms with van der Waals surface area (Å²) in [6.45, 7) is 1.83. The highest BCUT2D eigenvalue weighted by Crippen LogP contribution is 2.26. The summed E-state index contributed by atoms with van der Waals surface area (Å²) in [5.74, 6) is -1.03. The number of aryl methyl sites for hydroxylation is 2. The molecule has 1 N–H and O–H groups in total. The van der Waals surface area contributed by atoms with Gasteiger partial charge in [-0.3, -0.25) is 4.79 Å². The van der Waals surface area contributed by atoms with Crippen molar-refractivity contribution in [1.82, 2.24) is 9.97 Å². The molecule has 0 atom stereocenters. The fourth-order valence-corrected chi connectivity index (χ4v) is 2.31. The van der Waals surface area contributed by atoms with Crippen molar-refractivity contribution in [3.63, 3.8) is 0 Å². The van der Waals surface area contributed by atoms with Gasteiger partial charge in [0.2, 0.25) is 5.91 Å². The third-order valence-electron chi connectivity index (χ3n) is 3.48. The minimum atomic E-state index is -0.731. The number of rotatable bonds is 5. The quantitative estimate of drug-likeness (QED) is 0.763. The van der Waals surface area contributed by atoms with Gasteiger partial charge in [-0.15, -0.1) is 0 Å². The maximum absolute atomic E-state index is 13.7. The van der Waals surface area contributed by atoms with Crippen molar-refractivity contribution in [3.8, 4) is 11.3 Å². The molecule has 0 aliphatic heterocycles. The van der Waals surface area contributed by atoms with Crippen LogP contribution >= 0.6 is 0 Å². The van der Waals surface area contributed by atoms with E-state index in [0.29, 0.717) is 5.82 Å². The van der Waals surface area contributed by atoms with E-state index >= 15 is 0 Å². The Morgan fingerprint density at radius 2 is 1.88 bits per heavy atom. The molecule has 0 aliphatic carbocycles. The Bertz CT molecular complexity index is 889. The van der Waals surface area contributed by atoms with Crippen molar-refractivity contribution in [2.45, 2.75) is 19.8 Å². The molecule has 0 spiro atoms. The van der Waals surface area contributed by atoms with Crippen molar-refractivity contribution >= 4 is 11.7 Å². The zero-order chi connectivity index (χ0) is 17.8. The van der Waals surface area contributed by atoms with Gasteiger partial charge in [-0.2, -0.15) is 0 Å². The average Bonchev–Trinajstić information content (AvgIpc) is 3.01. The third kappa shape index (κ3) is 4.06. The Hall–Kier alpha value is -3.09. The molecule has 2 aromatic heterocycles. The number of benzene rings is 1. The van der Waals surface area contributed by atoms with Crippen molar-refractivity contribution in [2.24, 2.45) is 0 Å². The molecule has 3 rings (SSSR count). The zero-order valence-corrected chi connectivity index (χ0v) is 13.4. The molecule has 0 fully saturated rings. The number of carbonyl (C=O) groups excluding carboxylic acids is 1. The van der Waals surface area contributed by atoms with Crippen LogP contribution in [-0.4, -0.2) is 15.9 Å². The number of aromatic nitrogens is 2. The smallest absolute Gasteiger partial charge is 0.226 e.